The third kappa shape index (κ3) is 7.34. The van der Waals surface area contributed by atoms with Crippen molar-refractivity contribution in [3.63, 3.8) is 0 Å². The van der Waals surface area contributed by atoms with Crippen LogP contribution in [-0.2, 0) is 32.7 Å². The Balaban J connectivity index is 2.17. The Morgan fingerprint density at radius 3 is 2.26 bits per heavy atom. The molecule has 0 bridgehead atoms. The lowest BCUT2D eigenvalue weighted by atomic mass is 10.1. The summed E-state index contributed by atoms with van der Waals surface area (Å²) in [4.78, 5) is 31.0. The minimum Gasteiger partial charge on any atom is -0.497 e. The number of carbonyl (C=O) groups excluding carboxylic acids is 2. The summed E-state index contributed by atoms with van der Waals surface area (Å²) in [5.41, 5.74) is 1.66. The number of amides is 2. The molecule has 0 aliphatic rings. The maximum Gasteiger partial charge on any atom is 0.242 e. The average Bonchev–Trinajstić information content (AvgIpc) is 2.75. The van der Waals surface area contributed by atoms with Crippen LogP contribution in [0.15, 0.2) is 48.8 Å². The monoisotopic (exact) mass is 448 g/mol. The molecule has 0 saturated carbocycles. The Morgan fingerprint density at radius 1 is 1.10 bits per heavy atom. The molecule has 1 aromatic carbocycles. The number of methoxy groups -OCH3 is 1. The third-order valence-electron chi connectivity index (χ3n) is 4.82. The molecule has 0 spiro atoms. The molecule has 0 unspecified atom stereocenters. The van der Waals surface area contributed by atoms with E-state index in [0.717, 1.165) is 21.7 Å². The number of ether oxygens (including phenoxy) is 1. The van der Waals surface area contributed by atoms with Gasteiger partial charge in [-0.25, -0.2) is 8.42 Å². The molecule has 0 saturated heterocycles. The van der Waals surface area contributed by atoms with Crippen LogP contribution in [-0.4, -0.2) is 67.4 Å². The van der Waals surface area contributed by atoms with E-state index in [1.165, 1.54) is 11.9 Å². The summed E-state index contributed by atoms with van der Waals surface area (Å²) >= 11 is 0. The van der Waals surface area contributed by atoms with Crippen molar-refractivity contribution in [1.82, 2.24) is 19.5 Å². The van der Waals surface area contributed by atoms with Gasteiger partial charge in [0, 0.05) is 32.5 Å². The highest BCUT2D eigenvalue weighted by atomic mass is 32.2. The molecule has 0 fully saturated rings. The zero-order chi connectivity index (χ0) is 23.0. The molecule has 1 atom stereocenters. The van der Waals surface area contributed by atoms with E-state index in [4.69, 9.17) is 4.74 Å². The van der Waals surface area contributed by atoms with Gasteiger partial charge in [0.15, 0.2) is 0 Å². The summed E-state index contributed by atoms with van der Waals surface area (Å²) in [6.45, 7) is 1.69. The van der Waals surface area contributed by atoms with Gasteiger partial charge in [-0.2, -0.15) is 4.31 Å². The fourth-order valence-electron chi connectivity index (χ4n) is 2.75. The quantitative estimate of drug-likeness (QED) is 0.581. The average molecular weight is 449 g/mol. The van der Waals surface area contributed by atoms with Gasteiger partial charge < -0.3 is 15.0 Å². The topological polar surface area (TPSA) is 109 Å². The number of pyridine rings is 1. The first kappa shape index (κ1) is 24.3. The van der Waals surface area contributed by atoms with Crippen molar-refractivity contribution in [2.75, 3.05) is 27.0 Å². The Bertz CT molecular complexity index is 981. The van der Waals surface area contributed by atoms with E-state index in [-0.39, 0.29) is 19.0 Å². The second kappa shape index (κ2) is 10.9. The molecular weight excluding hydrogens is 420 g/mol. The standard InChI is InChI=1S/C21H28N4O5S/c1-16(21(27)23-13-17-9-11-22-12-10-17)25(20(26)15-24(2)31(4,28)29)14-18-5-7-19(30-3)8-6-18/h5-12,16H,13-15H2,1-4H3,(H,23,27)/t16-/m0/s1. The van der Waals surface area contributed by atoms with Crippen LogP contribution in [0.4, 0.5) is 0 Å². The first-order chi connectivity index (χ1) is 14.6. The number of benzene rings is 1. The van der Waals surface area contributed by atoms with Gasteiger partial charge in [-0.3, -0.25) is 14.6 Å². The van der Waals surface area contributed by atoms with Gasteiger partial charge in [-0.15, -0.1) is 0 Å². The maximum absolute atomic E-state index is 13.0. The van der Waals surface area contributed by atoms with Crippen LogP contribution >= 0.6 is 0 Å². The SMILES string of the molecule is COc1ccc(CN(C(=O)CN(C)S(C)(=O)=O)[C@@H](C)C(=O)NCc2ccncc2)cc1. The summed E-state index contributed by atoms with van der Waals surface area (Å²) < 4.78 is 29.6. The molecule has 10 heteroatoms. The van der Waals surface area contributed by atoms with Crippen molar-refractivity contribution in [1.29, 1.82) is 0 Å². The van der Waals surface area contributed by atoms with Crippen molar-refractivity contribution in [3.05, 3.63) is 59.9 Å². The summed E-state index contributed by atoms with van der Waals surface area (Å²) in [6, 6.07) is 9.86. The number of carbonyl (C=O) groups is 2. The van der Waals surface area contributed by atoms with Gasteiger partial charge in [0.1, 0.15) is 11.8 Å². The smallest absolute Gasteiger partial charge is 0.242 e. The number of rotatable bonds is 10. The molecule has 0 aliphatic carbocycles. The van der Waals surface area contributed by atoms with Crippen molar-refractivity contribution in [2.24, 2.45) is 0 Å². The molecule has 1 heterocycles. The largest absolute Gasteiger partial charge is 0.497 e. The Labute approximate surface area is 183 Å². The fraction of sp³-hybridized carbons (Fsp3) is 0.381. The number of nitrogens with one attached hydrogen (secondary N) is 1. The number of nitrogens with zero attached hydrogens (tertiary/aromatic N) is 3. The molecule has 0 radical (unpaired) electrons. The molecule has 2 rings (SSSR count). The second-order valence-electron chi connectivity index (χ2n) is 7.14. The van der Waals surface area contributed by atoms with Crippen LogP contribution in [0.25, 0.3) is 0 Å². The number of hydrogen-bond donors (Lipinski definition) is 1. The van der Waals surface area contributed by atoms with Crippen LogP contribution in [0, 0.1) is 0 Å². The normalized spacial score (nSPS) is 12.3. The highest BCUT2D eigenvalue weighted by Crippen LogP contribution is 2.15. The van der Waals surface area contributed by atoms with E-state index < -0.39 is 22.0 Å². The number of hydrogen-bond acceptors (Lipinski definition) is 6. The fourth-order valence-corrected chi connectivity index (χ4v) is 3.09. The highest BCUT2D eigenvalue weighted by Gasteiger charge is 2.28. The van der Waals surface area contributed by atoms with Crippen LogP contribution in [0.5, 0.6) is 5.75 Å². The van der Waals surface area contributed by atoms with E-state index in [9.17, 15) is 18.0 Å². The molecule has 168 valence electrons. The molecule has 31 heavy (non-hydrogen) atoms. The summed E-state index contributed by atoms with van der Waals surface area (Å²) in [6.07, 6.45) is 4.29. The number of likely N-dealkylation sites (N-methyl/N-ethyl adjacent to an activating group) is 1. The lowest BCUT2D eigenvalue weighted by Gasteiger charge is -2.30. The Morgan fingerprint density at radius 2 is 1.71 bits per heavy atom. The third-order valence-corrected chi connectivity index (χ3v) is 6.08. The lowest BCUT2D eigenvalue weighted by Crippen LogP contribution is -2.50. The van der Waals surface area contributed by atoms with Gasteiger partial charge in [-0.1, -0.05) is 12.1 Å². The van der Waals surface area contributed by atoms with Crippen LogP contribution < -0.4 is 10.1 Å². The predicted octanol–water partition coefficient (Wildman–Crippen LogP) is 1.02. The van der Waals surface area contributed by atoms with Gasteiger partial charge in [0.05, 0.1) is 19.9 Å². The molecule has 1 aromatic heterocycles. The zero-order valence-corrected chi connectivity index (χ0v) is 18.9. The summed E-state index contributed by atoms with van der Waals surface area (Å²) in [5.74, 6) is -0.155. The number of sulfonamides is 1. The van der Waals surface area contributed by atoms with Crippen molar-refractivity contribution in [2.45, 2.75) is 26.1 Å². The number of aromatic nitrogens is 1. The van der Waals surface area contributed by atoms with E-state index >= 15 is 0 Å². The minimum atomic E-state index is -3.54. The molecule has 2 amide bonds. The van der Waals surface area contributed by atoms with Gasteiger partial charge in [-0.05, 0) is 42.3 Å². The maximum atomic E-state index is 13.0. The van der Waals surface area contributed by atoms with Crippen LogP contribution in [0.1, 0.15) is 18.1 Å². The zero-order valence-electron chi connectivity index (χ0n) is 18.1. The van der Waals surface area contributed by atoms with E-state index in [0.29, 0.717) is 12.3 Å². The Hall–Kier alpha value is -2.98. The van der Waals surface area contributed by atoms with E-state index in [2.05, 4.69) is 10.3 Å². The highest BCUT2D eigenvalue weighted by molar-refractivity contribution is 7.88. The van der Waals surface area contributed by atoms with Crippen LogP contribution in [0.2, 0.25) is 0 Å². The predicted molar refractivity (Wildman–Crippen MR) is 117 cm³/mol. The Kier molecular flexibility index (Phi) is 8.52. The first-order valence-electron chi connectivity index (χ1n) is 9.62. The van der Waals surface area contributed by atoms with Crippen molar-refractivity contribution >= 4 is 21.8 Å². The van der Waals surface area contributed by atoms with Crippen molar-refractivity contribution < 1.29 is 22.7 Å². The molecule has 9 nitrogen and oxygen atoms in total. The molecule has 1 N–H and O–H groups in total. The molecular formula is C21H28N4O5S. The van der Waals surface area contributed by atoms with Gasteiger partial charge >= 0.3 is 0 Å². The van der Waals surface area contributed by atoms with Gasteiger partial charge in [0.2, 0.25) is 21.8 Å². The van der Waals surface area contributed by atoms with E-state index in [1.807, 2.05) is 0 Å². The summed E-state index contributed by atoms with van der Waals surface area (Å²) in [7, 11) is -0.660. The van der Waals surface area contributed by atoms with Gasteiger partial charge in [0.25, 0.3) is 0 Å². The summed E-state index contributed by atoms with van der Waals surface area (Å²) in [5, 5.41) is 2.81. The molecule has 0 aliphatic heterocycles. The van der Waals surface area contributed by atoms with Crippen LogP contribution in [0.3, 0.4) is 0 Å². The first-order valence-corrected chi connectivity index (χ1v) is 11.5. The lowest BCUT2D eigenvalue weighted by molar-refractivity contribution is -0.140. The van der Waals surface area contributed by atoms with Crippen molar-refractivity contribution in [3.8, 4) is 5.75 Å². The molecule has 2 aromatic rings. The van der Waals surface area contributed by atoms with E-state index in [1.54, 1.807) is 62.8 Å². The minimum absolute atomic E-state index is 0.143. The second-order valence-corrected chi connectivity index (χ2v) is 9.23.